The molecule has 0 unspecified atom stereocenters. The van der Waals surface area contributed by atoms with E-state index in [0.29, 0.717) is 6.42 Å². The average molecular weight is 155 g/mol. The Hall–Kier alpha value is -0.830. The number of aliphatic carboxylic acids is 1. The molecule has 0 bridgehead atoms. The van der Waals surface area contributed by atoms with Crippen LogP contribution in [-0.4, -0.2) is 17.1 Å². The Balaban J connectivity index is 2.66. The molecular formula is C8H13NO2. The minimum absolute atomic E-state index is 0.182. The Bertz CT molecular complexity index is 198. The van der Waals surface area contributed by atoms with Crippen molar-refractivity contribution in [1.82, 2.24) is 0 Å². The van der Waals surface area contributed by atoms with Gasteiger partial charge in [0.2, 0.25) is 0 Å². The smallest absolute Gasteiger partial charge is 0.308 e. The van der Waals surface area contributed by atoms with Gasteiger partial charge in [-0.15, -0.1) is 0 Å². The van der Waals surface area contributed by atoms with Gasteiger partial charge < -0.3 is 10.8 Å². The third kappa shape index (κ3) is 1.60. The molecule has 2 atom stereocenters. The lowest BCUT2D eigenvalue weighted by Crippen LogP contribution is -2.30. The molecule has 0 aliphatic heterocycles. The molecule has 0 amide bonds. The molecule has 1 aliphatic carbocycles. The van der Waals surface area contributed by atoms with Gasteiger partial charge in [0, 0.05) is 6.04 Å². The Kier molecular flexibility index (Phi) is 2.29. The zero-order valence-corrected chi connectivity index (χ0v) is 6.58. The minimum atomic E-state index is -0.769. The second-order valence-electron chi connectivity index (χ2n) is 2.96. The number of carbonyl (C=O) groups is 1. The Morgan fingerprint density at radius 1 is 1.73 bits per heavy atom. The van der Waals surface area contributed by atoms with Crippen molar-refractivity contribution in [2.45, 2.75) is 25.8 Å². The van der Waals surface area contributed by atoms with Crippen LogP contribution in [0, 0.1) is 5.92 Å². The molecule has 0 aromatic heterocycles. The average Bonchev–Trinajstić information content (AvgIpc) is 2.30. The van der Waals surface area contributed by atoms with Gasteiger partial charge in [-0.2, -0.15) is 0 Å². The first-order valence-corrected chi connectivity index (χ1v) is 3.77. The van der Waals surface area contributed by atoms with Gasteiger partial charge >= 0.3 is 5.97 Å². The number of hydrogen-bond acceptors (Lipinski definition) is 2. The number of nitrogens with two attached hydrogens (primary N) is 1. The molecule has 0 heterocycles. The summed E-state index contributed by atoms with van der Waals surface area (Å²) in [6.45, 7) is 1.92. The first-order valence-electron chi connectivity index (χ1n) is 3.77. The normalized spacial score (nSPS) is 34.5. The molecule has 3 heteroatoms. The monoisotopic (exact) mass is 155 g/mol. The number of rotatable bonds is 1. The fourth-order valence-corrected chi connectivity index (χ4v) is 1.47. The predicted molar refractivity (Wildman–Crippen MR) is 42.1 cm³/mol. The van der Waals surface area contributed by atoms with E-state index < -0.39 is 5.97 Å². The van der Waals surface area contributed by atoms with Crippen molar-refractivity contribution in [3.63, 3.8) is 0 Å². The summed E-state index contributed by atoms with van der Waals surface area (Å²) < 4.78 is 0. The second-order valence-corrected chi connectivity index (χ2v) is 2.96. The number of carboxylic acid groups (broad SMARTS) is 1. The van der Waals surface area contributed by atoms with Crippen molar-refractivity contribution in [3.8, 4) is 0 Å². The van der Waals surface area contributed by atoms with Gasteiger partial charge in [0.1, 0.15) is 0 Å². The number of allylic oxidation sites excluding steroid dienone is 1. The van der Waals surface area contributed by atoms with E-state index in [1.165, 1.54) is 5.57 Å². The molecule has 0 spiro atoms. The molecule has 3 nitrogen and oxygen atoms in total. The van der Waals surface area contributed by atoms with Crippen molar-refractivity contribution < 1.29 is 9.90 Å². The second kappa shape index (κ2) is 3.05. The van der Waals surface area contributed by atoms with E-state index in [4.69, 9.17) is 10.8 Å². The SMILES string of the molecule is C/C=C1/C[C@H](N)[C@H](C(=O)O)C1. The van der Waals surface area contributed by atoms with Gasteiger partial charge in [0.05, 0.1) is 5.92 Å². The Morgan fingerprint density at radius 3 is 2.64 bits per heavy atom. The summed E-state index contributed by atoms with van der Waals surface area (Å²) in [6.07, 6.45) is 3.34. The summed E-state index contributed by atoms with van der Waals surface area (Å²) in [5, 5.41) is 8.69. The van der Waals surface area contributed by atoms with Crippen LogP contribution in [0.1, 0.15) is 19.8 Å². The standard InChI is InChI=1S/C8H13NO2/c1-2-5-3-6(8(10)11)7(9)4-5/h2,6-7H,3-4,9H2,1H3,(H,10,11)/b5-2+/t6-,7+/m1/s1. The van der Waals surface area contributed by atoms with E-state index in [2.05, 4.69) is 0 Å². The highest BCUT2D eigenvalue weighted by atomic mass is 16.4. The van der Waals surface area contributed by atoms with Crippen molar-refractivity contribution >= 4 is 5.97 Å². The lowest BCUT2D eigenvalue weighted by Gasteiger charge is -2.07. The van der Waals surface area contributed by atoms with E-state index in [1.54, 1.807) is 0 Å². The molecule has 3 N–H and O–H groups in total. The highest BCUT2D eigenvalue weighted by molar-refractivity contribution is 5.72. The van der Waals surface area contributed by atoms with Crippen LogP contribution in [0.15, 0.2) is 11.6 Å². The number of carboxylic acids is 1. The van der Waals surface area contributed by atoms with Crippen LogP contribution in [0.5, 0.6) is 0 Å². The summed E-state index contributed by atoms with van der Waals surface area (Å²) >= 11 is 0. The van der Waals surface area contributed by atoms with Crippen molar-refractivity contribution in [2.24, 2.45) is 11.7 Å². The Morgan fingerprint density at radius 2 is 2.36 bits per heavy atom. The fraction of sp³-hybridized carbons (Fsp3) is 0.625. The zero-order valence-electron chi connectivity index (χ0n) is 6.58. The van der Waals surface area contributed by atoms with Gasteiger partial charge in [0.25, 0.3) is 0 Å². The molecule has 0 aromatic rings. The van der Waals surface area contributed by atoms with Crippen LogP contribution >= 0.6 is 0 Å². The van der Waals surface area contributed by atoms with E-state index in [1.807, 2.05) is 13.0 Å². The van der Waals surface area contributed by atoms with E-state index >= 15 is 0 Å². The third-order valence-corrected chi connectivity index (χ3v) is 2.22. The molecule has 1 aliphatic rings. The van der Waals surface area contributed by atoms with Gasteiger partial charge in [-0.05, 0) is 19.8 Å². The van der Waals surface area contributed by atoms with Crippen molar-refractivity contribution in [1.29, 1.82) is 0 Å². The molecule has 11 heavy (non-hydrogen) atoms. The third-order valence-electron chi connectivity index (χ3n) is 2.22. The highest BCUT2D eigenvalue weighted by Crippen LogP contribution is 2.29. The van der Waals surface area contributed by atoms with Crippen LogP contribution in [0.25, 0.3) is 0 Å². The van der Waals surface area contributed by atoms with Crippen LogP contribution < -0.4 is 5.73 Å². The topological polar surface area (TPSA) is 63.3 Å². The number of hydrogen-bond donors (Lipinski definition) is 2. The molecule has 62 valence electrons. The van der Waals surface area contributed by atoms with Gasteiger partial charge in [-0.25, -0.2) is 0 Å². The fourth-order valence-electron chi connectivity index (χ4n) is 1.47. The van der Waals surface area contributed by atoms with Crippen LogP contribution in [-0.2, 0) is 4.79 Å². The first-order chi connectivity index (χ1) is 5.15. The lowest BCUT2D eigenvalue weighted by molar-refractivity contribution is -0.141. The zero-order chi connectivity index (χ0) is 8.43. The van der Waals surface area contributed by atoms with Crippen molar-refractivity contribution in [3.05, 3.63) is 11.6 Å². The molecule has 1 fully saturated rings. The Labute approximate surface area is 65.9 Å². The maximum Gasteiger partial charge on any atom is 0.308 e. The molecule has 0 aromatic carbocycles. The van der Waals surface area contributed by atoms with E-state index in [9.17, 15) is 4.79 Å². The quantitative estimate of drug-likeness (QED) is 0.549. The molecule has 1 saturated carbocycles. The molecule has 0 radical (unpaired) electrons. The summed E-state index contributed by atoms with van der Waals surface area (Å²) in [4.78, 5) is 10.6. The van der Waals surface area contributed by atoms with E-state index in [-0.39, 0.29) is 12.0 Å². The summed E-state index contributed by atoms with van der Waals surface area (Å²) in [5.41, 5.74) is 6.80. The van der Waals surface area contributed by atoms with Gasteiger partial charge in [0.15, 0.2) is 0 Å². The summed E-state index contributed by atoms with van der Waals surface area (Å²) in [6, 6.07) is -0.182. The van der Waals surface area contributed by atoms with Gasteiger partial charge in [-0.3, -0.25) is 4.79 Å². The van der Waals surface area contributed by atoms with Gasteiger partial charge in [-0.1, -0.05) is 11.6 Å². The van der Waals surface area contributed by atoms with Crippen LogP contribution in [0.2, 0.25) is 0 Å². The molecule has 0 saturated heterocycles. The summed E-state index contributed by atoms with van der Waals surface area (Å²) in [7, 11) is 0. The molecule has 1 rings (SSSR count). The first kappa shape index (κ1) is 8.27. The van der Waals surface area contributed by atoms with Crippen LogP contribution in [0.4, 0.5) is 0 Å². The lowest BCUT2D eigenvalue weighted by atomic mass is 10.1. The summed E-state index contributed by atoms with van der Waals surface area (Å²) in [5.74, 6) is -1.13. The predicted octanol–water partition coefficient (Wildman–Crippen LogP) is 0.755. The minimum Gasteiger partial charge on any atom is -0.481 e. The van der Waals surface area contributed by atoms with Crippen LogP contribution in [0.3, 0.4) is 0 Å². The van der Waals surface area contributed by atoms with Crippen molar-refractivity contribution in [2.75, 3.05) is 0 Å². The largest absolute Gasteiger partial charge is 0.481 e. The van der Waals surface area contributed by atoms with E-state index in [0.717, 1.165) is 6.42 Å². The highest BCUT2D eigenvalue weighted by Gasteiger charge is 2.32. The maximum absolute atomic E-state index is 10.6. The molecular weight excluding hydrogens is 142 g/mol. The maximum atomic E-state index is 10.6.